The van der Waals surface area contributed by atoms with E-state index in [1.54, 1.807) is 10.9 Å². The van der Waals surface area contributed by atoms with E-state index in [2.05, 4.69) is 22.3 Å². The molecule has 1 fully saturated rings. The number of aliphatic hydroxyl groups excluding tert-OH is 1. The van der Waals surface area contributed by atoms with E-state index in [-0.39, 0.29) is 24.0 Å². The normalized spacial score (nSPS) is 20.7. The molecule has 1 aliphatic carbocycles. The first-order valence-corrected chi connectivity index (χ1v) is 9.13. The number of H-pyrrole nitrogens is 1. The van der Waals surface area contributed by atoms with Crippen LogP contribution in [0.1, 0.15) is 47.4 Å². The second-order valence-corrected chi connectivity index (χ2v) is 7.16. The summed E-state index contributed by atoms with van der Waals surface area (Å²) in [7, 11) is 1.87. The fraction of sp³-hybridized carbons (Fsp3) is 0.400. The van der Waals surface area contributed by atoms with Gasteiger partial charge in [-0.05, 0) is 36.8 Å². The van der Waals surface area contributed by atoms with Crippen molar-refractivity contribution in [3.63, 3.8) is 0 Å². The number of hydrogen-bond donors (Lipinski definition) is 3. The zero-order valence-electron chi connectivity index (χ0n) is 15.1. The average molecular weight is 352 g/mol. The topological polar surface area (TPSA) is 82.9 Å². The van der Waals surface area contributed by atoms with Gasteiger partial charge >= 0.3 is 0 Å². The molecule has 2 heterocycles. The van der Waals surface area contributed by atoms with Crippen LogP contribution in [0.25, 0.3) is 10.9 Å². The lowest BCUT2D eigenvalue weighted by molar-refractivity contribution is 0.0234. The van der Waals surface area contributed by atoms with Gasteiger partial charge in [0.25, 0.3) is 5.91 Å². The van der Waals surface area contributed by atoms with Gasteiger partial charge in [-0.25, -0.2) is 0 Å². The highest BCUT2D eigenvalue weighted by atomic mass is 16.3. The van der Waals surface area contributed by atoms with Crippen molar-refractivity contribution in [1.29, 1.82) is 0 Å². The van der Waals surface area contributed by atoms with Gasteiger partial charge in [0.15, 0.2) is 0 Å². The summed E-state index contributed by atoms with van der Waals surface area (Å²) < 4.78 is 1.74. The number of aromatic amines is 1. The van der Waals surface area contributed by atoms with Crippen molar-refractivity contribution in [2.75, 3.05) is 0 Å². The van der Waals surface area contributed by atoms with Crippen molar-refractivity contribution in [1.82, 2.24) is 20.1 Å². The molecular weight excluding hydrogens is 328 g/mol. The number of aromatic nitrogens is 3. The smallest absolute Gasteiger partial charge is 0.268 e. The highest BCUT2D eigenvalue weighted by Gasteiger charge is 2.36. The third-order valence-electron chi connectivity index (χ3n) is 5.39. The van der Waals surface area contributed by atoms with Crippen molar-refractivity contribution in [3.8, 4) is 0 Å². The summed E-state index contributed by atoms with van der Waals surface area (Å²) >= 11 is 0. The summed E-state index contributed by atoms with van der Waals surface area (Å²) in [5.41, 5.74) is 3.62. The molecule has 0 spiro atoms. The molecule has 3 N–H and O–H groups in total. The minimum absolute atomic E-state index is 0.103. The molecule has 6 heteroatoms. The quantitative estimate of drug-likeness (QED) is 0.660. The first-order chi connectivity index (χ1) is 12.6. The van der Waals surface area contributed by atoms with E-state index in [1.807, 2.05) is 37.5 Å². The molecule has 0 radical (unpaired) electrons. The lowest BCUT2D eigenvalue weighted by Gasteiger charge is -2.37. The van der Waals surface area contributed by atoms with Crippen LogP contribution in [0.2, 0.25) is 0 Å². The molecule has 0 bridgehead atoms. The number of aliphatic hydroxyl groups is 1. The first-order valence-electron chi connectivity index (χ1n) is 9.13. The number of aryl methyl sites for hydroxylation is 2. The summed E-state index contributed by atoms with van der Waals surface area (Å²) in [5.74, 6) is 0.126. The van der Waals surface area contributed by atoms with Crippen LogP contribution in [-0.2, 0) is 13.5 Å². The lowest BCUT2D eigenvalue weighted by Crippen LogP contribution is -2.41. The van der Waals surface area contributed by atoms with Crippen molar-refractivity contribution in [2.24, 2.45) is 13.0 Å². The van der Waals surface area contributed by atoms with Gasteiger partial charge < -0.3 is 15.4 Å². The van der Waals surface area contributed by atoms with Crippen molar-refractivity contribution >= 4 is 16.8 Å². The lowest BCUT2D eigenvalue weighted by atomic mass is 9.75. The number of hydrogen-bond acceptors (Lipinski definition) is 3. The summed E-state index contributed by atoms with van der Waals surface area (Å²) in [6.45, 7) is 2.06. The Morgan fingerprint density at radius 3 is 2.85 bits per heavy atom. The van der Waals surface area contributed by atoms with Gasteiger partial charge in [0, 0.05) is 29.7 Å². The van der Waals surface area contributed by atoms with Crippen LogP contribution < -0.4 is 5.32 Å². The zero-order chi connectivity index (χ0) is 18.3. The molecule has 1 aromatic carbocycles. The van der Waals surface area contributed by atoms with E-state index in [1.165, 1.54) is 0 Å². The van der Waals surface area contributed by atoms with E-state index >= 15 is 0 Å². The van der Waals surface area contributed by atoms with Crippen LogP contribution in [-0.4, -0.2) is 31.9 Å². The van der Waals surface area contributed by atoms with Crippen molar-refractivity contribution < 1.29 is 9.90 Å². The van der Waals surface area contributed by atoms with Crippen LogP contribution in [0.5, 0.6) is 0 Å². The van der Waals surface area contributed by atoms with Gasteiger partial charge in [0.2, 0.25) is 0 Å². The fourth-order valence-corrected chi connectivity index (χ4v) is 3.95. The van der Waals surface area contributed by atoms with Gasteiger partial charge in [-0.3, -0.25) is 9.48 Å². The predicted molar refractivity (Wildman–Crippen MR) is 99.8 cm³/mol. The van der Waals surface area contributed by atoms with Crippen molar-refractivity contribution in [2.45, 2.75) is 38.3 Å². The number of rotatable bonds is 5. The average Bonchev–Trinajstić information content (AvgIpc) is 3.20. The van der Waals surface area contributed by atoms with Gasteiger partial charge in [0.05, 0.1) is 18.3 Å². The van der Waals surface area contributed by atoms with Gasteiger partial charge in [-0.1, -0.05) is 25.1 Å². The molecule has 26 heavy (non-hydrogen) atoms. The number of benzene rings is 1. The number of nitrogens with zero attached hydrogens (tertiary/aromatic N) is 2. The number of para-hydroxylation sites is 1. The van der Waals surface area contributed by atoms with Crippen LogP contribution in [0.3, 0.4) is 0 Å². The van der Waals surface area contributed by atoms with Crippen LogP contribution in [0.4, 0.5) is 0 Å². The van der Waals surface area contributed by atoms with Crippen LogP contribution in [0, 0.1) is 5.92 Å². The predicted octanol–water partition coefficient (Wildman–Crippen LogP) is 2.71. The highest BCUT2D eigenvalue weighted by molar-refractivity contribution is 6.01. The molecule has 6 nitrogen and oxygen atoms in total. The second-order valence-electron chi connectivity index (χ2n) is 7.16. The minimum atomic E-state index is -0.268. The zero-order valence-corrected chi connectivity index (χ0v) is 15.1. The maximum Gasteiger partial charge on any atom is 0.268 e. The molecule has 0 aliphatic heterocycles. The Hall–Kier alpha value is -2.60. The molecule has 1 amide bonds. The molecule has 4 rings (SSSR count). The molecule has 3 aromatic rings. The summed E-state index contributed by atoms with van der Waals surface area (Å²) in [6, 6.07) is 7.85. The van der Waals surface area contributed by atoms with E-state index < -0.39 is 0 Å². The van der Waals surface area contributed by atoms with Gasteiger partial charge in [0.1, 0.15) is 5.69 Å². The van der Waals surface area contributed by atoms with E-state index in [0.29, 0.717) is 18.5 Å². The summed E-state index contributed by atoms with van der Waals surface area (Å²) in [4.78, 5) is 16.4. The molecule has 0 saturated heterocycles. The summed E-state index contributed by atoms with van der Waals surface area (Å²) in [5, 5.41) is 18.2. The van der Waals surface area contributed by atoms with Gasteiger partial charge in [-0.15, -0.1) is 0 Å². The fourth-order valence-electron chi connectivity index (χ4n) is 3.95. The molecule has 136 valence electrons. The van der Waals surface area contributed by atoms with Crippen LogP contribution >= 0.6 is 0 Å². The highest BCUT2D eigenvalue weighted by Crippen LogP contribution is 2.38. The van der Waals surface area contributed by atoms with E-state index in [0.717, 1.165) is 28.5 Å². The molecule has 1 saturated carbocycles. The Kier molecular flexibility index (Phi) is 4.28. The number of carbonyl (C=O) groups excluding carboxylic acids is 1. The maximum absolute atomic E-state index is 13.1. The Labute approximate surface area is 152 Å². The van der Waals surface area contributed by atoms with Crippen molar-refractivity contribution in [3.05, 3.63) is 53.5 Å². The monoisotopic (exact) mass is 352 g/mol. The molecule has 0 unspecified atom stereocenters. The van der Waals surface area contributed by atoms with E-state index in [4.69, 9.17) is 0 Å². The summed E-state index contributed by atoms with van der Waals surface area (Å²) in [6.07, 6.45) is 5.64. The Morgan fingerprint density at radius 1 is 1.42 bits per heavy atom. The third kappa shape index (κ3) is 2.90. The maximum atomic E-state index is 13.1. The molecular formula is C20H24N4O2. The second kappa shape index (κ2) is 6.61. The third-order valence-corrected chi connectivity index (χ3v) is 5.39. The molecule has 2 aromatic heterocycles. The molecule has 1 aliphatic rings. The Bertz CT molecular complexity index is 936. The number of nitrogens with one attached hydrogen (secondary N) is 2. The van der Waals surface area contributed by atoms with E-state index in [9.17, 15) is 9.90 Å². The number of carbonyl (C=O) groups is 1. The number of fused-ring (bicyclic) bond motifs is 1. The Balaban J connectivity index is 1.64. The first kappa shape index (κ1) is 16.8. The molecule has 1 atom stereocenters. The Morgan fingerprint density at radius 2 is 2.19 bits per heavy atom. The minimum Gasteiger partial charge on any atom is -0.393 e. The standard InChI is InChI=1S/C20H24N4O2/c1-3-15-16-6-4-5-7-17(16)22-19(15)20(26)23-18(12-8-14(25)9-12)13-10-21-24(2)11-13/h4-7,10-12,14,18,22,25H,3,8-9H2,1-2H3,(H,23,26)/t12?,14?,18-/m0/s1. The van der Waals surface area contributed by atoms with Crippen LogP contribution in [0.15, 0.2) is 36.7 Å². The SMILES string of the molecule is CCc1c(C(=O)N[C@H](c2cnn(C)c2)C2CC(O)C2)[nH]c2ccccc12. The van der Waals surface area contributed by atoms with Gasteiger partial charge in [-0.2, -0.15) is 5.10 Å². The largest absolute Gasteiger partial charge is 0.393 e. The number of amides is 1.